The van der Waals surface area contributed by atoms with E-state index in [0.29, 0.717) is 16.9 Å². The van der Waals surface area contributed by atoms with Gasteiger partial charge in [-0.3, -0.25) is 4.98 Å². The van der Waals surface area contributed by atoms with Crippen molar-refractivity contribution in [2.24, 2.45) is 0 Å². The summed E-state index contributed by atoms with van der Waals surface area (Å²) in [6, 6.07) is 4.94. The third-order valence-corrected chi connectivity index (χ3v) is 3.98. The van der Waals surface area contributed by atoms with Gasteiger partial charge >= 0.3 is 0 Å². The minimum Gasteiger partial charge on any atom is -0.398 e. The second-order valence-electron chi connectivity index (χ2n) is 5.22. The van der Waals surface area contributed by atoms with Crippen LogP contribution in [0.5, 0.6) is 0 Å². The van der Waals surface area contributed by atoms with Crippen LogP contribution in [0.4, 0.5) is 15.8 Å². The molecule has 1 aliphatic rings. The fourth-order valence-corrected chi connectivity index (χ4v) is 2.98. The van der Waals surface area contributed by atoms with Gasteiger partial charge in [0.1, 0.15) is 5.69 Å². The molecule has 1 saturated heterocycles. The average molecular weight is 275 g/mol. The van der Waals surface area contributed by atoms with Crippen molar-refractivity contribution in [1.29, 1.82) is 0 Å². The average Bonchev–Trinajstić information content (AvgIpc) is 2.48. The third-order valence-electron chi connectivity index (χ3n) is 3.98. The Morgan fingerprint density at radius 3 is 3.10 bits per heavy atom. The first kappa shape index (κ1) is 13.1. The Kier molecular flexibility index (Phi) is 3.44. The molecule has 1 unspecified atom stereocenters. The molecule has 1 aromatic carbocycles. The van der Waals surface area contributed by atoms with E-state index >= 15 is 0 Å². The SMILES string of the molecule is Nc1cc(F)c(N2CCCCC2CO)c2ncccc12. The van der Waals surface area contributed by atoms with Crippen LogP contribution in [-0.4, -0.2) is 29.3 Å². The minimum absolute atomic E-state index is 0.0259. The van der Waals surface area contributed by atoms with Gasteiger partial charge in [0.05, 0.1) is 18.2 Å². The highest BCUT2D eigenvalue weighted by Crippen LogP contribution is 2.35. The maximum absolute atomic E-state index is 14.4. The largest absolute Gasteiger partial charge is 0.398 e. The van der Waals surface area contributed by atoms with Crippen LogP contribution in [0.15, 0.2) is 24.4 Å². The van der Waals surface area contributed by atoms with Crippen LogP contribution in [0.2, 0.25) is 0 Å². The number of hydrogen-bond donors (Lipinski definition) is 2. The standard InChI is InChI=1S/C15H18FN3O/c16-12-8-13(17)11-5-3-6-18-14(11)15(12)19-7-2-1-4-10(19)9-20/h3,5-6,8,10,20H,1-2,4,7,9,17H2. The molecule has 3 rings (SSSR count). The number of nitrogen functional groups attached to an aromatic ring is 1. The number of rotatable bonds is 2. The summed E-state index contributed by atoms with van der Waals surface area (Å²) in [6.07, 6.45) is 4.57. The predicted octanol–water partition coefficient (Wildman–Crippen LogP) is 2.31. The summed E-state index contributed by atoms with van der Waals surface area (Å²) in [6.45, 7) is 0.760. The Balaban J connectivity index is 2.19. The van der Waals surface area contributed by atoms with Crippen molar-refractivity contribution in [1.82, 2.24) is 4.98 Å². The van der Waals surface area contributed by atoms with Gasteiger partial charge in [-0.25, -0.2) is 4.39 Å². The normalized spacial score (nSPS) is 19.5. The van der Waals surface area contributed by atoms with Gasteiger partial charge in [0.15, 0.2) is 5.82 Å². The van der Waals surface area contributed by atoms with Crippen molar-refractivity contribution < 1.29 is 9.50 Å². The highest BCUT2D eigenvalue weighted by atomic mass is 19.1. The Morgan fingerprint density at radius 2 is 2.30 bits per heavy atom. The zero-order valence-electron chi connectivity index (χ0n) is 11.2. The lowest BCUT2D eigenvalue weighted by molar-refractivity contribution is 0.239. The van der Waals surface area contributed by atoms with Gasteiger partial charge in [-0.05, 0) is 37.5 Å². The molecule has 4 nitrogen and oxygen atoms in total. The number of nitrogens with zero attached hydrogens (tertiary/aromatic N) is 2. The molecule has 0 radical (unpaired) electrons. The van der Waals surface area contributed by atoms with E-state index in [1.54, 1.807) is 12.3 Å². The summed E-state index contributed by atoms with van der Waals surface area (Å²) < 4.78 is 14.4. The molecule has 1 atom stereocenters. The van der Waals surface area contributed by atoms with E-state index in [-0.39, 0.29) is 18.5 Å². The van der Waals surface area contributed by atoms with Crippen LogP contribution < -0.4 is 10.6 Å². The van der Waals surface area contributed by atoms with E-state index in [1.165, 1.54) is 6.07 Å². The lowest BCUT2D eigenvalue weighted by atomic mass is 10.0. The van der Waals surface area contributed by atoms with Gasteiger partial charge in [-0.15, -0.1) is 0 Å². The first-order chi connectivity index (χ1) is 9.72. The number of fused-ring (bicyclic) bond motifs is 1. The number of pyridine rings is 1. The van der Waals surface area contributed by atoms with Gasteiger partial charge in [0.2, 0.25) is 0 Å². The summed E-state index contributed by atoms with van der Waals surface area (Å²) in [4.78, 5) is 6.24. The Hall–Kier alpha value is -1.88. The monoisotopic (exact) mass is 275 g/mol. The third kappa shape index (κ3) is 2.08. The van der Waals surface area contributed by atoms with Gasteiger partial charge in [-0.2, -0.15) is 0 Å². The number of hydrogen-bond acceptors (Lipinski definition) is 4. The highest BCUT2D eigenvalue weighted by molar-refractivity contribution is 5.99. The van der Waals surface area contributed by atoms with Crippen molar-refractivity contribution in [3.05, 3.63) is 30.2 Å². The summed E-state index contributed by atoms with van der Waals surface area (Å²) in [7, 11) is 0. The Morgan fingerprint density at radius 1 is 1.45 bits per heavy atom. The van der Waals surface area contributed by atoms with Gasteiger partial charge in [-0.1, -0.05) is 0 Å². The minimum atomic E-state index is -0.367. The van der Waals surface area contributed by atoms with Crippen molar-refractivity contribution in [2.75, 3.05) is 23.8 Å². The molecular weight excluding hydrogens is 257 g/mol. The van der Waals surface area contributed by atoms with Crippen molar-refractivity contribution in [2.45, 2.75) is 25.3 Å². The van der Waals surface area contributed by atoms with Crippen LogP contribution >= 0.6 is 0 Å². The van der Waals surface area contributed by atoms with Crippen LogP contribution in [0.3, 0.4) is 0 Å². The van der Waals surface area contributed by atoms with E-state index in [9.17, 15) is 9.50 Å². The molecule has 0 amide bonds. The molecule has 0 spiro atoms. The van der Waals surface area contributed by atoms with Crippen molar-refractivity contribution >= 4 is 22.3 Å². The van der Waals surface area contributed by atoms with Crippen molar-refractivity contribution in [3.63, 3.8) is 0 Å². The van der Waals surface area contributed by atoms with Crippen LogP contribution in [0.1, 0.15) is 19.3 Å². The van der Waals surface area contributed by atoms with E-state index < -0.39 is 0 Å². The quantitative estimate of drug-likeness (QED) is 0.826. The zero-order valence-corrected chi connectivity index (χ0v) is 11.2. The molecule has 3 N–H and O–H groups in total. The van der Waals surface area contributed by atoms with Gasteiger partial charge in [0.25, 0.3) is 0 Å². The topological polar surface area (TPSA) is 62.4 Å². The molecule has 20 heavy (non-hydrogen) atoms. The maximum atomic E-state index is 14.4. The number of benzene rings is 1. The van der Waals surface area contributed by atoms with Gasteiger partial charge < -0.3 is 15.7 Å². The molecule has 1 fully saturated rings. The molecular formula is C15H18FN3O. The highest BCUT2D eigenvalue weighted by Gasteiger charge is 2.26. The zero-order chi connectivity index (χ0) is 14.1. The predicted molar refractivity (Wildman–Crippen MR) is 78.2 cm³/mol. The molecule has 0 saturated carbocycles. The number of aliphatic hydroxyl groups excluding tert-OH is 1. The molecule has 106 valence electrons. The smallest absolute Gasteiger partial charge is 0.150 e. The fourth-order valence-electron chi connectivity index (χ4n) is 2.98. The maximum Gasteiger partial charge on any atom is 0.150 e. The molecule has 5 heteroatoms. The molecule has 0 bridgehead atoms. The van der Waals surface area contributed by atoms with E-state index in [0.717, 1.165) is 31.2 Å². The molecule has 2 aromatic rings. The second-order valence-corrected chi connectivity index (χ2v) is 5.22. The number of anilines is 2. The number of halogens is 1. The van der Waals surface area contributed by atoms with E-state index in [1.807, 2.05) is 11.0 Å². The fraction of sp³-hybridized carbons (Fsp3) is 0.400. The number of aromatic nitrogens is 1. The summed E-state index contributed by atoms with van der Waals surface area (Å²) in [5.41, 5.74) is 7.31. The first-order valence-corrected chi connectivity index (χ1v) is 6.92. The summed E-state index contributed by atoms with van der Waals surface area (Å²) in [5.74, 6) is -0.367. The van der Waals surface area contributed by atoms with Crippen LogP contribution in [-0.2, 0) is 0 Å². The lowest BCUT2D eigenvalue weighted by Crippen LogP contribution is -2.42. The number of piperidine rings is 1. The van der Waals surface area contributed by atoms with Crippen molar-refractivity contribution in [3.8, 4) is 0 Å². The number of aliphatic hydroxyl groups is 1. The van der Waals surface area contributed by atoms with E-state index in [2.05, 4.69) is 4.98 Å². The van der Waals surface area contributed by atoms with Crippen LogP contribution in [0.25, 0.3) is 10.9 Å². The Bertz CT molecular complexity index is 632. The number of nitrogens with two attached hydrogens (primary N) is 1. The summed E-state index contributed by atoms with van der Waals surface area (Å²) >= 11 is 0. The molecule has 1 aliphatic heterocycles. The van der Waals surface area contributed by atoms with Gasteiger partial charge in [0, 0.05) is 23.8 Å². The molecule has 0 aliphatic carbocycles. The Labute approximate surface area is 117 Å². The molecule has 2 heterocycles. The second kappa shape index (κ2) is 5.25. The van der Waals surface area contributed by atoms with Crippen LogP contribution in [0, 0.1) is 5.82 Å². The lowest BCUT2D eigenvalue weighted by Gasteiger charge is -2.37. The first-order valence-electron chi connectivity index (χ1n) is 6.92. The molecule has 1 aromatic heterocycles. The summed E-state index contributed by atoms with van der Waals surface area (Å²) in [5, 5.41) is 10.3. The van der Waals surface area contributed by atoms with E-state index in [4.69, 9.17) is 5.73 Å².